The van der Waals surface area contributed by atoms with Crippen LogP contribution < -0.4 is 0 Å². The second kappa shape index (κ2) is 7.27. The summed E-state index contributed by atoms with van der Waals surface area (Å²) in [6, 6.07) is 26.7. The topological polar surface area (TPSA) is 37.4 Å². The van der Waals surface area contributed by atoms with Gasteiger partial charge in [-0.05, 0) is 33.2 Å². The molecule has 0 N–H and O–H groups in total. The highest BCUT2D eigenvalue weighted by Crippen LogP contribution is 2.62. The molecule has 2 amide bonds. The molecular weight excluding hydrogens is 418 g/mol. The fourth-order valence-corrected chi connectivity index (χ4v) is 6.37. The van der Waals surface area contributed by atoms with Gasteiger partial charge in [-0.15, -0.1) is 0 Å². The van der Waals surface area contributed by atoms with Gasteiger partial charge in [-0.1, -0.05) is 112 Å². The van der Waals surface area contributed by atoms with Crippen molar-refractivity contribution in [2.45, 2.75) is 50.0 Å². The van der Waals surface area contributed by atoms with E-state index in [4.69, 9.17) is 0 Å². The van der Waals surface area contributed by atoms with E-state index in [1.807, 2.05) is 48.5 Å². The number of amides is 2. The van der Waals surface area contributed by atoms with Gasteiger partial charge in [0.25, 0.3) is 0 Å². The van der Waals surface area contributed by atoms with Crippen LogP contribution in [0.1, 0.15) is 60.4 Å². The molecule has 7 rings (SSSR count). The minimum Gasteiger partial charge on any atom is -0.277 e. The van der Waals surface area contributed by atoms with Gasteiger partial charge in [-0.3, -0.25) is 14.5 Å². The third-order valence-electron chi connectivity index (χ3n) is 8.04. The Morgan fingerprint density at radius 1 is 0.853 bits per heavy atom. The fourth-order valence-electron chi connectivity index (χ4n) is 6.37. The second-order valence-corrected chi connectivity index (χ2v) is 10.9. The Hall–Kier alpha value is -3.46. The van der Waals surface area contributed by atoms with Gasteiger partial charge in [0, 0.05) is 11.8 Å². The van der Waals surface area contributed by atoms with Gasteiger partial charge in [0.05, 0.1) is 12.5 Å². The molecule has 1 heterocycles. The number of benzene rings is 3. The minimum absolute atomic E-state index is 0.0531. The Morgan fingerprint density at radius 3 is 2.24 bits per heavy atom. The summed E-state index contributed by atoms with van der Waals surface area (Å²) in [5.74, 6) is -0.552. The third kappa shape index (κ3) is 2.82. The van der Waals surface area contributed by atoms with Crippen molar-refractivity contribution >= 4 is 11.8 Å². The number of nitrogens with zero attached hydrogens (tertiary/aromatic N) is 1. The Labute approximate surface area is 201 Å². The van der Waals surface area contributed by atoms with Crippen LogP contribution in [0.4, 0.5) is 0 Å². The molecule has 4 aliphatic rings. The number of hydrogen-bond acceptors (Lipinski definition) is 2. The van der Waals surface area contributed by atoms with Gasteiger partial charge >= 0.3 is 0 Å². The zero-order chi connectivity index (χ0) is 23.7. The lowest BCUT2D eigenvalue weighted by molar-refractivity contribution is -0.140. The maximum Gasteiger partial charge on any atom is 0.244 e. The molecule has 3 aromatic rings. The zero-order valence-corrected chi connectivity index (χ0v) is 19.9. The van der Waals surface area contributed by atoms with E-state index in [0.717, 1.165) is 16.7 Å². The number of carbonyl (C=O) groups excluding carboxylic acids is 2. The van der Waals surface area contributed by atoms with E-state index in [1.165, 1.54) is 16.0 Å². The molecule has 0 aromatic heterocycles. The summed E-state index contributed by atoms with van der Waals surface area (Å²) < 4.78 is 0. The Kier molecular flexibility index (Phi) is 4.51. The van der Waals surface area contributed by atoms with Crippen molar-refractivity contribution < 1.29 is 9.59 Å². The third-order valence-corrected chi connectivity index (χ3v) is 8.04. The molecule has 3 heteroatoms. The average Bonchev–Trinajstić information content (AvgIpc) is 3.07. The lowest BCUT2D eigenvalue weighted by Crippen LogP contribution is -2.49. The summed E-state index contributed by atoms with van der Waals surface area (Å²) in [6.07, 6.45) is 4.22. The lowest BCUT2D eigenvalue weighted by atomic mass is 9.51. The summed E-state index contributed by atoms with van der Waals surface area (Å²) in [5, 5.41) is 0. The van der Waals surface area contributed by atoms with E-state index in [1.54, 1.807) is 0 Å². The van der Waals surface area contributed by atoms with Gasteiger partial charge in [-0.2, -0.15) is 0 Å². The first-order valence-electron chi connectivity index (χ1n) is 12.1. The zero-order valence-electron chi connectivity index (χ0n) is 19.9. The van der Waals surface area contributed by atoms with Gasteiger partial charge in [0.15, 0.2) is 0 Å². The smallest absolute Gasteiger partial charge is 0.244 e. The summed E-state index contributed by atoms with van der Waals surface area (Å²) in [6.45, 7) is 6.94. The van der Waals surface area contributed by atoms with E-state index < -0.39 is 11.3 Å². The predicted octanol–water partition coefficient (Wildman–Crippen LogP) is 5.86. The summed E-state index contributed by atoms with van der Waals surface area (Å²) >= 11 is 0. The van der Waals surface area contributed by atoms with E-state index in [9.17, 15) is 9.59 Å². The van der Waals surface area contributed by atoms with Crippen LogP contribution >= 0.6 is 0 Å². The maximum absolute atomic E-state index is 14.1. The maximum atomic E-state index is 14.1. The highest BCUT2D eigenvalue weighted by atomic mass is 16.2. The number of allylic oxidation sites excluding steroid dienone is 1. The Morgan fingerprint density at radius 2 is 1.53 bits per heavy atom. The van der Waals surface area contributed by atoms with Crippen molar-refractivity contribution in [1.82, 2.24) is 4.90 Å². The Balaban J connectivity index is 1.50. The molecule has 3 nitrogen and oxygen atoms in total. The summed E-state index contributed by atoms with van der Waals surface area (Å²) in [4.78, 5) is 29.6. The molecule has 0 saturated carbocycles. The van der Waals surface area contributed by atoms with Crippen LogP contribution in [0.25, 0.3) is 0 Å². The number of imide groups is 1. The monoisotopic (exact) mass is 447 g/mol. The minimum atomic E-state index is -0.926. The molecule has 0 radical (unpaired) electrons. The quantitative estimate of drug-likeness (QED) is 0.373. The van der Waals surface area contributed by atoms with Crippen molar-refractivity contribution in [1.29, 1.82) is 0 Å². The first kappa shape index (κ1) is 21.1. The van der Waals surface area contributed by atoms with E-state index in [-0.39, 0.29) is 29.1 Å². The normalized spacial score (nSPS) is 27.1. The van der Waals surface area contributed by atoms with Crippen molar-refractivity contribution in [3.8, 4) is 0 Å². The van der Waals surface area contributed by atoms with Crippen molar-refractivity contribution in [3.05, 3.63) is 119 Å². The summed E-state index contributed by atoms with van der Waals surface area (Å²) in [5.41, 5.74) is 4.68. The standard InChI is InChI=1S/C31H29NO2/c1-30(2,3)22-15-13-21(14-16-22)26-24-17-18-31(25-12-8-7-11-23(24)25)27(26)28(33)32(29(31)34)19-20-9-5-4-6-10-20/h4-18,24,26-27H,19H2,1-3H3/t24-,26-,27-,31-/m0/s1. The van der Waals surface area contributed by atoms with Crippen molar-refractivity contribution in [3.63, 3.8) is 0 Å². The van der Waals surface area contributed by atoms with Gasteiger partial charge in [-0.25, -0.2) is 0 Å². The van der Waals surface area contributed by atoms with Crippen LogP contribution in [-0.4, -0.2) is 16.7 Å². The number of hydrogen-bond donors (Lipinski definition) is 0. The SMILES string of the molecule is CC(C)(C)c1ccc([C@@H]2[C@H]3C(=O)N(Cc4ccccc4)C(=O)[C@]34C=C[C@H]2c2ccccc24)cc1. The van der Waals surface area contributed by atoms with Crippen LogP contribution in [0.2, 0.25) is 0 Å². The molecule has 1 aliphatic heterocycles. The molecule has 0 unspecified atom stereocenters. The van der Waals surface area contributed by atoms with E-state index in [0.29, 0.717) is 6.54 Å². The molecule has 4 atom stereocenters. The molecule has 1 fully saturated rings. The highest BCUT2D eigenvalue weighted by molar-refractivity contribution is 6.13. The van der Waals surface area contributed by atoms with Gasteiger partial charge < -0.3 is 0 Å². The van der Waals surface area contributed by atoms with Gasteiger partial charge in [0.1, 0.15) is 5.41 Å². The van der Waals surface area contributed by atoms with Crippen molar-refractivity contribution in [2.75, 3.05) is 0 Å². The van der Waals surface area contributed by atoms with Crippen LogP contribution in [0.3, 0.4) is 0 Å². The van der Waals surface area contributed by atoms with Crippen LogP contribution in [0.15, 0.2) is 91.0 Å². The van der Waals surface area contributed by atoms with E-state index in [2.05, 4.69) is 63.2 Å². The molecule has 1 spiro atoms. The molecule has 2 bridgehead atoms. The molecular formula is C31H29NO2. The molecule has 1 saturated heterocycles. The number of rotatable bonds is 3. The Bertz CT molecular complexity index is 1320. The lowest BCUT2D eigenvalue weighted by Gasteiger charge is -2.48. The molecule has 34 heavy (non-hydrogen) atoms. The molecule has 3 aromatic carbocycles. The highest BCUT2D eigenvalue weighted by Gasteiger charge is 2.67. The first-order valence-corrected chi connectivity index (χ1v) is 12.1. The van der Waals surface area contributed by atoms with Crippen LogP contribution in [0.5, 0.6) is 0 Å². The van der Waals surface area contributed by atoms with Crippen LogP contribution in [-0.2, 0) is 27.0 Å². The van der Waals surface area contributed by atoms with Crippen LogP contribution in [0, 0.1) is 5.92 Å². The van der Waals surface area contributed by atoms with E-state index >= 15 is 0 Å². The first-order chi connectivity index (χ1) is 16.3. The second-order valence-electron chi connectivity index (χ2n) is 10.9. The van der Waals surface area contributed by atoms with Gasteiger partial charge in [0.2, 0.25) is 11.8 Å². The summed E-state index contributed by atoms with van der Waals surface area (Å²) in [7, 11) is 0. The fraction of sp³-hybridized carbons (Fsp3) is 0.290. The largest absolute Gasteiger partial charge is 0.277 e. The number of carbonyl (C=O) groups is 2. The average molecular weight is 448 g/mol. The molecule has 170 valence electrons. The number of likely N-dealkylation sites (tertiary alicyclic amines) is 1. The van der Waals surface area contributed by atoms with Crippen molar-refractivity contribution in [2.24, 2.45) is 5.92 Å². The molecule has 3 aliphatic carbocycles. The predicted molar refractivity (Wildman–Crippen MR) is 133 cm³/mol.